The molecule has 0 heterocycles. The van der Waals surface area contributed by atoms with Crippen molar-refractivity contribution in [2.75, 3.05) is 0 Å². The molecular formula is C12H18. The molecule has 1 saturated carbocycles. The zero-order chi connectivity index (χ0) is 8.39. The van der Waals surface area contributed by atoms with Crippen LogP contribution >= 0.6 is 0 Å². The van der Waals surface area contributed by atoms with E-state index in [1.807, 2.05) is 0 Å². The van der Waals surface area contributed by atoms with E-state index < -0.39 is 0 Å². The van der Waals surface area contributed by atoms with E-state index in [1.165, 1.54) is 38.5 Å². The van der Waals surface area contributed by atoms with Gasteiger partial charge in [-0.15, -0.1) is 0 Å². The van der Waals surface area contributed by atoms with Crippen LogP contribution in [-0.2, 0) is 0 Å². The molecule has 1 fully saturated rings. The Hall–Kier alpha value is -0.520. The lowest BCUT2D eigenvalue weighted by Crippen LogP contribution is -2.01. The van der Waals surface area contributed by atoms with Crippen molar-refractivity contribution in [1.82, 2.24) is 0 Å². The first-order valence-electron chi connectivity index (χ1n) is 5.22. The fourth-order valence-corrected chi connectivity index (χ4v) is 2.39. The first-order valence-corrected chi connectivity index (χ1v) is 5.22. The van der Waals surface area contributed by atoms with Crippen molar-refractivity contribution in [3.63, 3.8) is 0 Å². The maximum Gasteiger partial charge on any atom is -0.0200 e. The Morgan fingerprint density at radius 2 is 1.83 bits per heavy atom. The lowest BCUT2D eigenvalue weighted by atomic mass is 9.89. The van der Waals surface area contributed by atoms with Gasteiger partial charge in [-0.2, -0.15) is 0 Å². The minimum Gasteiger partial charge on any atom is -0.0730 e. The van der Waals surface area contributed by atoms with Crippen LogP contribution in [0.1, 0.15) is 45.4 Å². The van der Waals surface area contributed by atoms with Crippen molar-refractivity contribution in [2.45, 2.75) is 45.4 Å². The van der Waals surface area contributed by atoms with Gasteiger partial charge in [-0.1, -0.05) is 36.1 Å². The van der Waals surface area contributed by atoms with E-state index in [-0.39, 0.29) is 0 Å². The van der Waals surface area contributed by atoms with Gasteiger partial charge in [-0.05, 0) is 38.5 Å². The van der Waals surface area contributed by atoms with Crippen LogP contribution in [0, 0.1) is 5.92 Å². The van der Waals surface area contributed by atoms with Crippen molar-refractivity contribution in [2.24, 2.45) is 5.92 Å². The molecule has 0 amide bonds. The second-order valence-corrected chi connectivity index (χ2v) is 4.24. The molecule has 2 aliphatic carbocycles. The van der Waals surface area contributed by atoms with Gasteiger partial charge < -0.3 is 0 Å². The molecule has 0 aliphatic heterocycles. The lowest BCUT2D eigenvalue weighted by molar-refractivity contribution is 0.605. The van der Waals surface area contributed by atoms with Gasteiger partial charge in [0, 0.05) is 0 Å². The molecule has 0 heteroatoms. The van der Waals surface area contributed by atoms with E-state index in [0.29, 0.717) is 0 Å². The monoisotopic (exact) mass is 162 g/mol. The summed E-state index contributed by atoms with van der Waals surface area (Å²) in [6.07, 6.45) is 13.2. The molecule has 0 bridgehead atoms. The minimum absolute atomic E-state index is 0.953. The first-order chi connectivity index (χ1) is 5.86. The summed E-state index contributed by atoms with van der Waals surface area (Å²) in [5, 5.41) is 0. The van der Waals surface area contributed by atoms with Crippen LogP contribution in [0.15, 0.2) is 23.3 Å². The normalized spacial score (nSPS) is 25.4. The Balaban J connectivity index is 2.04. The Morgan fingerprint density at radius 1 is 1.08 bits per heavy atom. The van der Waals surface area contributed by atoms with Crippen LogP contribution < -0.4 is 0 Å². The highest BCUT2D eigenvalue weighted by atomic mass is 14.2. The summed E-state index contributed by atoms with van der Waals surface area (Å²) >= 11 is 0. The van der Waals surface area contributed by atoms with Gasteiger partial charge in [-0.3, -0.25) is 0 Å². The van der Waals surface area contributed by atoms with Gasteiger partial charge in [0.15, 0.2) is 0 Å². The smallest absolute Gasteiger partial charge is 0.0200 e. The molecule has 0 nitrogen and oxygen atoms in total. The third-order valence-corrected chi connectivity index (χ3v) is 3.27. The first kappa shape index (κ1) is 8.10. The molecule has 0 spiro atoms. The highest BCUT2D eigenvalue weighted by Gasteiger charge is 2.19. The van der Waals surface area contributed by atoms with Crippen LogP contribution in [0.5, 0.6) is 0 Å². The van der Waals surface area contributed by atoms with Crippen LogP contribution in [-0.4, -0.2) is 0 Å². The van der Waals surface area contributed by atoms with E-state index in [0.717, 1.165) is 5.92 Å². The fourth-order valence-electron chi connectivity index (χ4n) is 2.39. The predicted octanol–water partition coefficient (Wildman–Crippen LogP) is 3.84. The van der Waals surface area contributed by atoms with E-state index in [2.05, 4.69) is 19.1 Å². The van der Waals surface area contributed by atoms with Gasteiger partial charge >= 0.3 is 0 Å². The van der Waals surface area contributed by atoms with Crippen molar-refractivity contribution < 1.29 is 0 Å². The Kier molecular flexibility index (Phi) is 2.34. The molecule has 12 heavy (non-hydrogen) atoms. The van der Waals surface area contributed by atoms with E-state index in [9.17, 15) is 0 Å². The molecule has 0 saturated heterocycles. The molecular weight excluding hydrogens is 144 g/mol. The third kappa shape index (κ3) is 1.63. The number of hydrogen-bond acceptors (Lipinski definition) is 0. The fraction of sp³-hybridized carbons (Fsp3) is 0.667. The van der Waals surface area contributed by atoms with Crippen LogP contribution in [0.25, 0.3) is 0 Å². The summed E-state index contributed by atoms with van der Waals surface area (Å²) in [5.74, 6) is 0.953. The molecule has 0 radical (unpaired) electrons. The van der Waals surface area contributed by atoms with Crippen LogP contribution in [0.2, 0.25) is 0 Å². The van der Waals surface area contributed by atoms with Gasteiger partial charge in [-0.25, -0.2) is 0 Å². The average molecular weight is 162 g/mol. The summed E-state index contributed by atoms with van der Waals surface area (Å²) in [6.45, 7) is 2.24. The highest BCUT2D eigenvalue weighted by molar-refractivity contribution is 5.24. The molecule has 2 aliphatic rings. The maximum absolute atomic E-state index is 2.38. The molecule has 0 atom stereocenters. The van der Waals surface area contributed by atoms with Gasteiger partial charge in [0.05, 0.1) is 0 Å². The van der Waals surface area contributed by atoms with Crippen molar-refractivity contribution >= 4 is 0 Å². The second kappa shape index (κ2) is 3.47. The van der Waals surface area contributed by atoms with Crippen LogP contribution in [0.4, 0.5) is 0 Å². The second-order valence-electron chi connectivity index (χ2n) is 4.24. The Labute approximate surface area is 75.4 Å². The zero-order valence-corrected chi connectivity index (χ0v) is 7.97. The lowest BCUT2D eigenvalue weighted by Gasteiger charge is -2.17. The summed E-state index contributed by atoms with van der Waals surface area (Å²) in [4.78, 5) is 0. The maximum atomic E-state index is 2.38. The van der Waals surface area contributed by atoms with Gasteiger partial charge in [0.25, 0.3) is 0 Å². The SMILES string of the molecule is CC1=CC=C(C2CCCC2)CC1. The predicted molar refractivity (Wildman–Crippen MR) is 53.0 cm³/mol. The van der Waals surface area contributed by atoms with Crippen molar-refractivity contribution in [3.8, 4) is 0 Å². The number of hydrogen-bond donors (Lipinski definition) is 0. The summed E-state index contributed by atoms with van der Waals surface area (Å²) in [7, 11) is 0. The summed E-state index contributed by atoms with van der Waals surface area (Å²) in [5.41, 5.74) is 3.29. The van der Waals surface area contributed by atoms with E-state index in [4.69, 9.17) is 0 Å². The molecule has 0 unspecified atom stereocenters. The third-order valence-electron chi connectivity index (χ3n) is 3.27. The summed E-state index contributed by atoms with van der Waals surface area (Å²) < 4.78 is 0. The Bertz CT molecular complexity index is 214. The summed E-state index contributed by atoms with van der Waals surface area (Å²) in [6, 6.07) is 0. The number of allylic oxidation sites excluding steroid dienone is 4. The van der Waals surface area contributed by atoms with Gasteiger partial charge in [0.2, 0.25) is 0 Å². The molecule has 2 rings (SSSR count). The molecule has 0 aromatic heterocycles. The van der Waals surface area contributed by atoms with E-state index >= 15 is 0 Å². The molecule has 66 valence electrons. The standard InChI is InChI=1S/C12H18/c1-10-6-8-12(9-7-10)11-4-2-3-5-11/h6,8,11H,2-5,7,9H2,1H3. The zero-order valence-electron chi connectivity index (χ0n) is 7.97. The van der Waals surface area contributed by atoms with Gasteiger partial charge in [0.1, 0.15) is 0 Å². The average Bonchev–Trinajstić information content (AvgIpc) is 2.58. The van der Waals surface area contributed by atoms with Crippen molar-refractivity contribution in [3.05, 3.63) is 23.3 Å². The quantitative estimate of drug-likeness (QED) is 0.549. The molecule has 0 aromatic rings. The van der Waals surface area contributed by atoms with Crippen molar-refractivity contribution in [1.29, 1.82) is 0 Å². The molecule has 0 N–H and O–H groups in total. The minimum atomic E-state index is 0.953. The Morgan fingerprint density at radius 3 is 2.42 bits per heavy atom. The van der Waals surface area contributed by atoms with E-state index in [1.54, 1.807) is 11.1 Å². The van der Waals surface area contributed by atoms with Crippen LogP contribution in [0.3, 0.4) is 0 Å². The largest absolute Gasteiger partial charge is 0.0730 e. The topological polar surface area (TPSA) is 0 Å². The highest BCUT2D eigenvalue weighted by Crippen LogP contribution is 2.35. The molecule has 0 aromatic carbocycles. The number of rotatable bonds is 1.